The molecule has 2 aromatic heterocycles. The lowest BCUT2D eigenvalue weighted by Gasteiger charge is -2.05. The first-order valence-electron chi connectivity index (χ1n) is 4.29. The largest absolute Gasteiger partial charge is 0.325 e. The Balaban J connectivity index is 2.44. The summed E-state index contributed by atoms with van der Waals surface area (Å²) in [7, 11) is 0. The maximum absolute atomic E-state index is 5.75. The van der Waals surface area contributed by atoms with Crippen molar-refractivity contribution in [1.29, 1.82) is 0 Å². The van der Waals surface area contributed by atoms with Crippen molar-refractivity contribution in [2.75, 3.05) is 0 Å². The lowest BCUT2D eigenvalue weighted by Crippen LogP contribution is -2.05. The number of rotatable bonds is 2. The van der Waals surface area contributed by atoms with Gasteiger partial charge in [-0.25, -0.2) is 4.98 Å². The van der Waals surface area contributed by atoms with E-state index in [1.165, 1.54) is 0 Å². The zero-order chi connectivity index (χ0) is 9.97. The van der Waals surface area contributed by atoms with Crippen LogP contribution in [-0.4, -0.2) is 9.55 Å². The van der Waals surface area contributed by atoms with Crippen LogP contribution in [0.4, 0.5) is 0 Å². The smallest absolute Gasteiger partial charge is 0.136 e. The van der Waals surface area contributed by atoms with Crippen molar-refractivity contribution in [3.63, 3.8) is 0 Å². The minimum absolute atomic E-state index is 0.497. The van der Waals surface area contributed by atoms with Gasteiger partial charge in [0.25, 0.3) is 0 Å². The van der Waals surface area contributed by atoms with Crippen LogP contribution in [-0.2, 0) is 6.54 Å². The van der Waals surface area contributed by atoms with E-state index in [-0.39, 0.29) is 0 Å². The monoisotopic (exact) mass is 207 g/mol. The molecule has 0 radical (unpaired) electrons. The number of aromatic nitrogens is 2. The average Bonchev–Trinajstić information content (AvgIpc) is 2.67. The molecular formula is C10H10ClN3. The second kappa shape index (κ2) is 3.82. The van der Waals surface area contributed by atoms with Crippen LogP contribution in [0.5, 0.6) is 0 Å². The van der Waals surface area contributed by atoms with E-state index in [4.69, 9.17) is 17.3 Å². The average molecular weight is 208 g/mol. The van der Waals surface area contributed by atoms with E-state index in [9.17, 15) is 0 Å². The predicted octanol–water partition coefficient (Wildman–Crippen LogP) is 1.98. The highest BCUT2D eigenvalue weighted by Gasteiger charge is 2.01. The van der Waals surface area contributed by atoms with E-state index in [1.807, 2.05) is 35.0 Å². The highest BCUT2D eigenvalue weighted by atomic mass is 35.5. The highest BCUT2D eigenvalue weighted by molar-refractivity contribution is 6.30. The SMILES string of the molecule is NCc1cccn1-c1ccc(Cl)cn1. The third-order valence-electron chi connectivity index (χ3n) is 2.00. The van der Waals surface area contributed by atoms with Crippen LogP contribution in [0.1, 0.15) is 5.69 Å². The van der Waals surface area contributed by atoms with Crippen molar-refractivity contribution in [1.82, 2.24) is 9.55 Å². The van der Waals surface area contributed by atoms with Gasteiger partial charge in [0.1, 0.15) is 5.82 Å². The maximum atomic E-state index is 5.75. The molecule has 14 heavy (non-hydrogen) atoms. The van der Waals surface area contributed by atoms with Crippen LogP contribution in [0.15, 0.2) is 36.7 Å². The molecule has 0 bridgehead atoms. The first kappa shape index (κ1) is 9.24. The Morgan fingerprint density at radius 3 is 2.86 bits per heavy atom. The summed E-state index contributed by atoms with van der Waals surface area (Å²) in [5.41, 5.74) is 6.62. The van der Waals surface area contributed by atoms with Gasteiger partial charge in [0, 0.05) is 24.6 Å². The molecule has 4 heteroatoms. The fourth-order valence-electron chi connectivity index (χ4n) is 1.32. The third kappa shape index (κ3) is 1.64. The lowest BCUT2D eigenvalue weighted by atomic mass is 10.4. The molecule has 0 aliphatic carbocycles. The maximum Gasteiger partial charge on any atom is 0.136 e. The van der Waals surface area contributed by atoms with Crippen LogP contribution in [0.2, 0.25) is 5.02 Å². The normalized spacial score (nSPS) is 10.4. The third-order valence-corrected chi connectivity index (χ3v) is 2.22. The van der Waals surface area contributed by atoms with Gasteiger partial charge < -0.3 is 10.3 Å². The number of pyridine rings is 1. The molecule has 2 rings (SSSR count). The number of hydrogen-bond donors (Lipinski definition) is 1. The second-order valence-corrected chi connectivity index (χ2v) is 3.34. The van der Waals surface area contributed by atoms with Crippen molar-refractivity contribution in [3.8, 4) is 5.82 Å². The minimum Gasteiger partial charge on any atom is -0.325 e. The number of nitrogens with two attached hydrogens (primary N) is 1. The van der Waals surface area contributed by atoms with E-state index in [0.29, 0.717) is 11.6 Å². The van der Waals surface area contributed by atoms with Gasteiger partial charge in [0.05, 0.1) is 5.02 Å². The van der Waals surface area contributed by atoms with Crippen LogP contribution in [0.25, 0.3) is 5.82 Å². The molecule has 2 N–H and O–H groups in total. The Morgan fingerprint density at radius 2 is 2.21 bits per heavy atom. The molecule has 0 aliphatic heterocycles. The van der Waals surface area contributed by atoms with Gasteiger partial charge in [0.15, 0.2) is 0 Å². The first-order chi connectivity index (χ1) is 6.81. The summed E-state index contributed by atoms with van der Waals surface area (Å²) in [6, 6.07) is 7.58. The van der Waals surface area contributed by atoms with Gasteiger partial charge in [-0.2, -0.15) is 0 Å². The van der Waals surface area contributed by atoms with Crippen LogP contribution in [0.3, 0.4) is 0 Å². The van der Waals surface area contributed by atoms with Gasteiger partial charge in [0.2, 0.25) is 0 Å². The molecule has 3 nitrogen and oxygen atoms in total. The molecular weight excluding hydrogens is 198 g/mol. The van der Waals surface area contributed by atoms with Gasteiger partial charge in [-0.15, -0.1) is 0 Å². The van der Waals surface area contributed by atoms with Crippen molar-refractivity contribution in [3.05, 3.63) is 47.4 Å². The predicted molar refractivity (Wildman–Crippen MR) is 56.5 cm³/mol. The summed E-state index contributed by atoms with van der Waals surface area (Å²) in [6.45, 7) is 0.497. The molecule has 0 unspecified atom stereocenters. The molecule has 72 valence electrons. The number of halogens is 1. The Hall–Kier alpha value is -1.32. The molecule has 0 saturated carbocycles. The van der Waals surface area contributed by atoms with Crippen molar-refractivity contribution < 1.29 is 0 Å². The summed E-state index contributed by atoms with van der Waals surface area (Å²) in [6.07, 6.45) is 3.55. The lowest BCUT2D eigenvalue weighted by molar-refractivity contribution is 0.886. The van der Waals surface area contributed by atoms with E-state index in [0.717, 1.165) is 11.5 Å². The molecule has 0 amide bonds. The first-order valence-corrected chi connectivity index (χ1v) is 4.67. The summed E-state index contributed by atoms with van der Waals surface area (Å²) < 4.78 is 1.94. The Bertz CT molecular complexity index is 419. The quantitative estimate of drug-likeness (QED) is 0.819. The molecule has 0 spiro atoms. The van der Waals surface area contributed by atoms with Crippen LogP contribution in [0, 0.1) is 0 Å². The minimum atomic E-state index is 0.497. The molecule has 0 aliphatic rings. The van der Waals surface area contributed by atoms with Crippen molar-refractivity contribution in [2.45, 2.75) is 6.54 Å². The zero-order valence-electron chi connectivity index (χ0n) is 7.52. The summed E-state index contributed by atoms with van der Waals surface area (Å²) in [4.78, 5) is 4.20. The van der Waals surface area contributed by atoms with Gasteiger partial charge in [-0.05, 0) is 24.3 Å². The summed E-state index contributed by atoms with van der Waals surface area (Å²) >= 11 is 5.75. The van der Waals surface area contributed by atoms with Crippen LogP contribution >= 0.6 is 11.6 Å². The van der Waals surface area contributed by atoms with E-state index in [2.05, 4.69) is 4.98 Å². The zero-order valence-corrected chi connectivity index (χ0v) is 8.28. The fraction of sp³-hybridized carbons (Fsp3) is 0.100. The summed E-state index contributed by atoms with van der Waals surface area (Å²) in [5.74, 6) is 0.833. The van der Waals surface area contributed by atoms with Crippen molar-refractivity contribution >= 4 is 11.6 Å². The fourth-order valence-corrected chi connectivity index (χ4v) is 1.43. The molecule has 2 aromatic rings. The number of nitrogens with zero attached hydrogens (tertiary/aromatic N) is 2. The van der Waals surface area contributed by atoms with Gasteiger partial charge in [-0.3, -0.25) is 0 Å². The number of hydrogen-bond acceptors (Lipinski definition) is 2. The Labute approximate surface area is 87.1 Å². The van der Waals surface area contributed by atoms with E-state index >= 15 is 0 Å². The highest BCUT2D eigenvalue weighted by Crippen LogP contribution is 2.12. The Morgan fingerprint density at radius 1 is 1.36 bits per heavy atom. The molecule has 0 aromatic carbocycles. The van der Waals surface area contributed by atoms with E-state index in [1.54, 1.807) is 6.20 Å². The topological polar surface area (TPSA) is 43.8 Å². The van der Waals surface area contributed by atoms with Crippen LogP contribution < -0.4 is 5.73 Å². The summed E-state index contributed by atoms with van der Waals surface area (Å²) in [5, 5.41) is 0.634. The molecule has 2 heterocycles. The Kier molecular flexibility index (Phi) is 2.52. The molecule has 0 saturated heterocycles. The second-order valence-electron chi connectivity index (χ2n) is 2.91. The van der Waals surface area contributed by atoms with Gasteiger partial charge >= 0.3 is 0 Å². The molecule has 0 fully saturated rings. The van der Waals surface area contributed by atoms with Gasteiger partial charge in [-0.1, -0.05) is 11.6 Å². The molecule has 0 atom stereocenters. The van der Waals surface area contributed by atoms with E-state index < -0.39 is 0 Å². The van der Waals surface area contributed by atoms with Crippen molar-refractivity contribution in [2.24, 2.45) is 5.73 Å². The standard InChI is InChI=1S/C10H10ClN3/c11-8-3-4-10(13-7-8)14-5-1-2-9(14)6-12/h1-5,7H,6,12H2.